The summed E-state index contributed by atoms with van der Waals surface area (Å²) in [7, 11) is 0. The third-order valence-corrected chi connectivity index (χ3v) is 4.22. The summed E-state index contributed by atoms with van der Waals surface area (Å²) in [6.45, 7) is 6.31. The minimum Gasteiger partial charge on any atom is -0.444 e. The summed E-state index contributed by atoms with van der Waals surface area (Å²) in [5, 5.41) is 2.84. The molecule has 1 atom stereocenters. The molecular formula is C17H23ClF3N3O2. The molecule has 0 saturated carbocycles. The van der Waals surface area contributed by atoms with Crippen molar-refractivity contribution in [3.8, 4) is 0 Å². The van der Waals surface area contributed by atoms with E-state index in [2.05, 4.69) is 10.3 Å². The van der Waals surface area contributed by atoms with Gasteiger partial charge in [-0.3, -0.25) is 0 Å². The number of ether oxygens (including phenoxy) is 1. The average molecular weight is 394 g/mol. The van der Waals surface area contributed by atoms with Gasteiger partial charge in [-0.15, -0.1) is 0 Å². The van der Waals surface area contributed by atoms with Crippen LogP contribution in [0.4, 0.5) is 23.8 Å². The molecular weight excluding hydrogens is 371 g/mol. The summed E-state index contributed by atoms with van der Waals surface area (Å²) in [6, 6.07) is 0.697. The normalized spacial score (nSPS) is 18.6. The molecule has 0 spiro atoms. The number of anilines is 1. The number of nitrogens with zero attached hydrogens (tertiary/aromatic N) is 2. The molecule has 26 heavy (non-hydrogen) atoms. The Morgan fingerprint density at radius 1 is 1.38 bits per heavy atom. The Kier molecular flexibility index (Phi) is 6.26. The van der Waals surface area contributed by atoms with Gasteiger partial charge < -0.3 is 15.0 Å². The topological polar surface area (TPSA) is 54.5 Å². The van der Waals surface area contributed by atoms with E-state index < -0.39 is 23.4 Å². The fourth-order valence-corrected chi connectivity index (χ4v) is 2.94. The number of carbonyl (C=O) groups is 1. The molecule has 1 N–H and O–H groups in total. The van der Waals surface area contributed by atoms with Gasteiger partial charge >= 0.3 is 12.3 Å². The number of alkyl halides is 3. The summed E-state index contributed by atoms with van der Waals surface area (Å²) < 4.78 is 43.5. The van der Waals surface area contributed by atoms with Crippen LogP contribution >= 0.6 is 11.6 Å². The number of likely N-dealkylation sites (tertiary alicyclic amines) is 1. The number of hydrogen-bond donors (Lipinski definition) is 1. The van der Waals surface area contributed by atoms with Gasteiger partial charge in [0.25, 0.3) is 0 Å². The highest BCUT2D eigenvalue weighted by Gasteiger charge is 2.32. The highest BCUT2D eigenvalue weighted by atomic mass is 35.5. The SMILES string of the molecule is CC(C)(C)OC(=O)N1CCCC[C@@H]1CNc1ncc(C(F)(F)F)cc1Cl. The monoisotopic (exact) mass is 393 g/mol. The van der Waals surface area contributed by atoms with E-state index in [1.54, 1.807) is 25.7 Å². The number of rotatable bonds is 3. The average Bonchev–Trinajstić information content (AvgIpc) is 2.51. The van der Waals surface area contributed by atoms with Crippen LogP contribution in [0.3, 0.4) is 0 Å². The van der Waals surface area contributed by atoms with Gasteiger partial charge in [0.05, 0.1) is 16.6 Å². The highest BCUT2D eigenvalue weighted by Crippen LogP contribution is 2.32. The molecule has 5 nitrogen and oxygen atoms in total. The van der Waals surface area contributed by atoms with Crippen molar-refractivity contribution in [2.75, 3.05) is 18.4 Å². The van der Waals surface area contributed by atoms with Crippen LogP contribution in [-0.4, -0.2) is 40.7 Å². The molecule has 9 heteroatoms. The van der Waals surface area contributed by atoms with Gasteiger partial charge in [-0.25, -0.2) is 9.78 Å². The Bertz CT molecular complexity index is 647. The zero-order valence-electron chi connectivity index (χ0n) is 15.0. The third-order valence-electron chi connectivity index (χ3n) is 3.93. The van der Waals surface area contributed by atoms with Crippen LogP contribution in [0.15, 0.2) is 12.3 Å². The van der Waals surface area contributed by atoms with Crippen molar-refractivity contribution in [3.05, 3.63) is 22.8 Å². The fraction of sp³-hybridized carbons (Fsp3) is 0.647. The molecule has 1 amide bonds. The van der Waals surface area contributed by atoms with Crippen LogP contribution < -0.4 is 5.32 Å². The molecule has 1 aromatic heterocycles. The lowest BCUT2D eigenvalue weighted by Crippen LogP contribution is -2.49. The van der Waals surface area contributed by atoms with E-state index in [9.17, 15) is 18.0 Å². The zero-order chi connectivity index (χ0) is 19.5. The van der Waals surface area contributed by atoms with Crippen molar-refractivity contribution >= 4 is 23.5 Å². The molecule has 1 aromatic rings. The van der Waals surface area contributed by atoms with Gasteiger partial charge in [0.1, 0.15) is 11.4 Å². The van der Waals surface area contributed by atoms with Crippen molar-refractivity contribution in [1.29, 1.82) is 0 Å². The maximum absolute atomic E-state index is 12.7. The van der Waals surface area contributed by atoms with Crippen LogP contribution in [-0.2, 0) is 10.9 Å². The number of pyridine rings is 1. The molecule has 1 aliphatic rings. The fourth-order valence-electron chi connectivity index (χ4n) is 2.71. The maximum Gasteiger partial charge on any atom is 0.417 e. The molecule has 0 unspecified atom stereocenters. The van der Waals surface area contributed by atoms with Gasteiger partial charge in [0.15, 0.2) is 0 Å². The number of amides is 1. The molecule has 0 aliphatic carbocycles. The van der Waals surface area contributed by atoms with E-state index in [0.29, 0.717) is 13.1 Å². The molecule has 2 rings (SSSR count). The first-order valence-electron chi connectivity index (χ1n) is 8.43. The smallest absolute Gasteiger partial charge is 0.417 e. The van der Waals surface area contributed by atoms with Gasteiger partial charge in [-0.1, -0.05) is 11.6 Å². The van der Waals surface area contributed by atoms with Gasteiger partial charge in [0, 0.05) is 19.3 Å². The molecule has 0 radical (unpaired) electrons. The second-order valence-corrected chi connectivity index (χ2v) is 7.66. The van der Waals surface area contributed by atoms with E-state index in [1.807, 2.05) is 0 Å². The van der Waals surface area contributed by atoms with E-state index in [-0.39, 0.29) is 16.9 Å². The Balaban J connectivity index is 2.03. The molecule has 1 saturated heterocycles. The summed E-state index contributed by atoms with van der Waals surface area (Å²) >= 11 is 5.91. The minimum absolute atomic E-state index is 0.112. The van der Waals surface area contributed by atoms with Crippen LogP contribution in [0.2, 0.25) is 5.02 Å². The van der Waals surface area contributed by atoms with Crippen LogP contribution in [0.5, 0.6) is 0 Å². The summed E-state index contributed by atoms with van der Waals surface area (Å²) in [6.07, 6.45) is -1.54. The second kappa shape index (κ2) is 7.90. The number of carbonyl (C=O) groups excluding carboxylic acids is 1. The summed E-state index contributed by atoms with van der Waals surface area (Å²) in [4.78, 5) is 17.8. The Morgan fingerprint density at radius 3 is 2.65 bits per heavy atom. The largest absolute Gasteiger partial charge is 0.444 e. The highest BCUT2D eigenvalue weighted by molar-refractivity contribution is 6.32. The van der Waals surface area contributed by atoms with Gasteiger partial charge in [0.2, 0.25) is 0 Å². The lowest BCUT2D eigenvalue weighted by Gasteiger charge is -2.37. The van der Waals surface area contributed by atoms with E-state index in [4.69, 9.17) is 16.3 Å². The third kappa shape index (κ3) is 5.65. The number of nitrogens with one attached hydrogen (secondary N) is 1. The minimum atomic E-state index is -4.49. The quantitative estimate of drug-likeness (QED) is 0.789. The van der Waals surface area contributed by atoms with E-state index in [1.165, 1.54) is 0 Å². The van der Waals surface area contributed by atoms with Crippen LogP contribution in [0.25, 0.3) is 0 Å². The number of hydrogen-bond acceptors (Lipinski definition) is 4. The number of halogens is 4. The summed E-state index contributed by atoms with van der Waals surface area (Å²) in [5.41, 5.74) is -1.49. The first kappa shape index (κ1) is 20.6. The lowest BCUT2D eigenvalue weighted by molar-refractivity contribution is -0.137. The summed E-state index contributed by atoms with van der Waals surface area (Å²) in [5.74, 6) is 0.161. The van der Waals surface area contributed by atoms with Crippen molar-refractivity contribution < 1.29 is 22.7 Å². The predicted molar refractivity (Wildman–Crippen MR) is 93.3 cm³/mol. The van der Waals surface area contributed by atoms with Crippen molar-refractivity contribution in [1.82, 2.24) is 9.88 Å². The predicted octanol–water partition coefficient (Wildman–Crippen LogP) is 4.96. The molecule has 2 heterocycles. The molecule has 1 aliphatic heterocycles. The van der Waals surface area contributed by atoms with E-state index >= 15 is 0 Å². The number of aromatic nitrogens is 1. The molecule has 0 aromatic carbocycles. The van der Waals surface area contributed by atoms with Crippen LogP contribution in [0, 0.1) is 0 Å². The Morgan fingerprint density at radius 2 is 2.08 bits per heavy atom. The van der Waals surface area contributed by atoms with Crippen molar-refractivity contribution in [2.45, 2.75) is 57.9 Å². The van der Waals surface area contributed by atoms with Gasteiger partial charge in [-0.2, -0.15) is 13.2 Å². The first-order chi connectivity index (χ1) is 12.0. The van der Waals surface area contributed by atoms with Crippen LogP contribution in [0.1, 0.15) is 45.6 Å². The molecule has 0 bridgehead atoms. The zero-order valence-corrected chi connectivity index (χ0v) is 15.7. The van der Waals surface area contributed by atoms with E-state index in [0.717, 1.165) is 31.5 Å². The van der Waals surface area contributed by atoms with Gasteiger partial charge in [-0.05, 0) is 46.1 Å². The Labute approximate surface area is 155 Å². The second-order valence-electron chi connectivity index (χ2n) is 7.26. The molecule has 1 fully saturated rings. The maximum atomic E-state index is 12.7. The first-order valence-corrected chi connectivity index (χ1v) is 8.81. The molecule has 146 valence electrons. The van der Waals surface area contributed by atoms with Crippen molar-refractivity contribution in [3.63, 3.8) is 0 Å². The van der Waals surface area contributed by atoms with Crippen molar-refractivity contribution in [2.24, 2.45) is 0 Å². The number of piperidine rings is 1. The Hall–Kier alpha value is -1.70. The lowest BCUT2D eigenvalue weighted by atomic mass is 10.0. The standard InChI is InChI=1S/C17H23ClF3N3O2/c1-16(2,3)26-15(25)24-7-5-4-6-12(24)10-23-14-13(18)8-11(9-22-14)17(19,20)21/h8-9,12H,4-7,10H2,1-3H3,(H,22,23)/t12-/m1/s1.